The minimum atomic E-state index is 0.889. The zero-order valence-corrected chi connectivity index (χ0v) is 37.0. The van der Waals surface area contributed by atoms with Crippen LogP contribution in [0.1, 0.15) is 89.5 Å². The maximum atomic E-state index is 5.59. The normalized spacial score (nSPS) is 12.2. The third kappa shape index (κ3) is 6.55. The van der Waals surface area contributed by atoms with Crippen molar-refractivity contribution in [2.75, 3.05) is 0 Å². The molecule has 5 heterocycles. The van der Waals surface area contributed by atoms with Crippen LogP contribution in [0.3, 0.4) is 0 Å². The van der Waals surface area contributed by atoms with Gasteiger partial charge >= 0.3 is 0 Å². The number of rotatable bonds is 4. The van der Waals surface area contributed by atoms with Crippen molar-refractivity contribution >= 4 is 46.4 Å². The zero-order chi connectivity index (χ0) is 42.3. The summed E-state index contributed by atoms with van der Waals surface area (Å²) >= 11 is 0. The number of fused-ring (bicyclic) bond motifs is 8. The Kier molecular flexibility index (Phi) is 9.51. The molecule has 0 radical (unpaired) electrons. The van der Waals surface area contributed by atoms with Crippen LogP contribution in [0.25, 0.3) is 90.9 Å². The van der Waals surface area contributed by atoms with Crippen LogP contribution < -0.4 is 9.97 Å². The summed E-state index contributed by atoms with van der Waals surface area (Å²) < 4.78 is 0. The van der Waals surface area contributed by atoms with Crippen molar-refractivity contribution in [3.05, 3.63) is 162 Å². The second-order valence-electron chi connectivity index (χ2n) is 17.5. The van der Waals surface area contributed by atoms with Gasteiger partial charge in [-0.2, -0.15) is 0 Å². The summed E-state index contributed by atoms with van der Waals surface area (Å²) in [6.07, 6.45) is 8.72. The minimum Gasteiger partial charge on any atom is -0.657 e. The number of nitrogens with zero attached hydrogens (tertiary/aromatic N) is 4. The van der Waals surface area contributed by atoms with Gasteiger partial charge in [-0.25, -0.2) is 9.97 Å². The van der Waals surface area contributed by atoms with Gasteiger partial charge in [0.25, 0.3) is 0 Å². The molecule has 7 aromatic rings. The summed E-state index contributed by atoms with van der Waals surface area (Å²) in [6, 6.07) is 26.9. The summed E-state index contributed by atoms with van der Waals surface area (Å²) in [5, 5.41) is 0. The Hall–Kier alpha value is -6.52. The van der Waals surface area contributed by atoms with Crippen LogP contribution in [-0.4, -0.2) is 9.97 Å². The van der Waals surface area contributed by atoms with Crippen LogP contribution in [-0.2, 0) is 0 Å². The number of benzene rings is 4. The van der Waals surface area contributed by atoms with Crippen molar-refractivity contribution < 1.29 is 0 Å². The first-order chi connectivity index (χ1) is 28.7. The lowest BCUT2D eigenvalue weighted by Gasteiger charge is -2.19. The molecule has 8 bridgehead atoms. The summed E-state index contributed by atoms with van der Waals surface area (Å²) in [4.78, 5) is 22.4. The molecule has 0 saturated carbocycles. The summed E-state index contributed by atoms with van der Waals surface area (Å²) in [7, 11) is 0. The standard InChI is InChI=1S/C56H52N4/c1-29-21-33(5)49(34(6)22-29)53-41-13-15-43(57-41)54(50-35(7)23-30(2)24-36(50)8)45-17-19-47(59-45)56(52-39(11)27-32(4)28-40(52)12)48-20-18-46(60-48)55(44-16-14-42(53)58-44)51-37(9)25-31(3)26-38(51)10/h13-28H,1-12H3/q-2. The highest BCUT2D eigenvalue weighted by molar-refractivity contribution is 6.01. The van der Waals surface area contributed by atoms with Gasteiger partial charge in [0.05, 0.1) is 22.8 Å². The van der Waals surface area contributed by atoms with Gasteiger partial charge in [0.1, 0.15) is 0 Å². The molecule has 9 rings (SSSR count). The molecule has 0 aliphatic carbocycles. The van der Waals surface area contributed by atoms with Gasteiger partial charge in [0.15, 0.2) is 0 Å². The first-order valence-corrected chi connectivity index (χ1v) is 21.1. The third-order valence-corrected chi connectivity index (χ3v) is 12.3. The van der Waals surface area contributed by atoms with E-state index in [1.54, 1.807) is 0 Å². The van der Waals surface area contributed by atoms with Crippen LogP contribution in [0.2, 0.25) is 0 Å². The maximum absolute atomic E-state index is 5.59. The number of hydrogen-bond donors (Lipinski definition) is 0. The molecule has 0 amide bonds. The van der Waals surface area contributed by atoms with Crippen LogP contribution in [0.15, 0.2) is 72.8 Å². The van der Waals surface area contributed by atoms with E-state index >= 15 is 0 Å². The monoisotopic (exact) mass is 780 g/mol. The van der Waals surface area contributed by atoms with Crippen molar-refractivity contribution in [1.82, 2.24) is 19.9 Å². The molecule has 4 nitrogen and oxygen atoms in total. The van der Waals surface area contributed by atoms with Gasteiger partial charge in [-0.1, -0.05) is 95.1 Å². The lowest BCUT2D eigenvalue weighted by Crippen LogP contribution is -1.97. The fourth-order valence-corrected chi connectivity index (χ4v) is 10.4. The van der Waals surface area contributed by atoms with Crippen LogP contribution in [0.5, 0.6) is 0 Å². The molecule has 2 aliphatic heterocycles. The predicted octanol–water partition coefficient (Wildman–Crippen LogP) is 14.3. The topological polar surface area (TPSA) is 54.0 Å². The van der Waals surface area contributed by atoms with Crippen molar-refractivity contribution in [1.29, 1.82) is 0 Å². The van der Waals surface area contributed by atoms with Crippen molar-refractivity contribution in [2.45, 2.75) is 83.1 Å². The number of aromatic nitrogens is 4. The summed E-state index contributed by atoms with van der Waals surface area (Å²) in [5.74, 6) is 0. The highest BCUT2D eigenvalue weighted by atomic mass is 14.8. The van der Waals surface area contributed by atoms with E-state index in [1.807, 2.05) is 0 Å². The molecule has 0 N–H and O–H groups in total. The molecule has 0 atom stereocenters. The van der Waals surface area contributed by atoms with E-state index in [2.05, 4.69) is 180 Å². The quantitative estimate of drug-likeness (QED) is 0.178. The molecule has 2 aliphatic rings. The van der Waals surface area contributed by atoms with Crippen molar-refractivity contribution in [3.63, 3.8) is 0 Å². The SMILES string of the molecule is Cc1cc(C)c(-c2c3nc(c(-c4c(C)cc(C)cc4C)c4ccc([n-]4)c(-c4c(C)cc(C)cc4C)c4nc(c(-c5c(C)cc(C)cc5C)c5ccc2[n-]5)C=C4)C=C3)c(C)c1. The molecule has 4 heteroatoms. The third-order valence-electron chi connectivity index (χ3n) is 12.3. The van der Waals surface area contributed by atoms with Gasteiger partial charge in [-0.15, -0.1) is 22.1 Å². The number of aryl methyl sites for hydroxylation is 12. The molecular weight excluding hydrogens is 729 g/mol. The van der Waals surface area contributed by atoms with E-state index in [1.165, 1.54) is 66.8 Å². The summed E-state index contributed by atoms with van der Waals surface area (Å²) in [5.41, 5.74) is 30.4. The van der Waals surface area contributed by atoms with E-state index in [4.69, 9.17) is 19.9 Å². The van der Waals surface area contributed by atoms with Gasteiger partial charge < -0.3 is 9.97 Å². The molecule has 60 heavy (non-hydrogen) atoms. The van der Waals surface area contributed by atoms with Gasteiger partial charge in [-0.05, 0) is 196 Å². The lowest BCUT2D eigenvalue weighted by molar-refractivity contribution is 1.26. The average Bonchev–Trinajstić information content (AvgIpc) is 3.99. The molecule has 0 spiro atoms. The fraction of sp³-hybridized carbons (Fsp3) is 0.214. The fourth-order valence-electron chi connectivity index (χ4n) is 10.4. The molecule has 298 valence electrons. The Balaban J connectivity index is 1.54. The zero-order valence-electron chi connectivity index (χ0n) is 37.0. The Morgan fingerprint density at radius 3 is 0.633 bits per heavy atom. The maximum Gasteiger partial charge on any atom is 0.0704 e. The Labute approximate surface area is 354 Å². The Morgan fingerprint density at radius 2 is 0.450 bits per heavy atom. The molecule has 0 unspecified atom stereocenters. The van der Waals surface area contributed by atoms with Crippen LogP contribution >= 0.6 is 0 Å². The highest BCUT2D eigenvalue weighted by Crippen LogP contribution is 2.42. The Bertz CT molecular complexity index is 2700. The average molecular weight is 781 g/mol. The van der Waals surface area contributed by atoms with Crippen LogP contribution in [0.4, 0.5) is 0 Å². The van der Waals surface area contributed by atoms with E-state index in [9.17, 15) is 0 Å². The van der Waals surface area contributed by atoms with Gasteiger partial charge in [0, 0.05) is 0 Å². The Morgan fingerprint density at radius 1 is 0.267 bits per heavy atom. The van der Waals surface area contributed by atoms with E-state index in [0.717, 1.165) is 89.4 Å². The van der Waals surface area contributed by atoms with Crippen molar-refractivity contribution in [3.8, 4) is 44.5 Å². The second kappa shape index (κ2) is 14.6. The second-order valence-corrected chi connectivity index (χ2v) is 17.5. The molecule has 0 saturated heterocycles. The van der Waals surface area contributed by atoms with Crippen molar-refractivity contribution in [2.24, 2.45) is 0 Å². The first kappa shape index (κ1) is 39.0. The van der Waals surface area contributed by atoms with E-state index < -0.39 is 0 Å². The summed E-state index contributed by atoms with van der Waals surface area (Å²) in [6.45, 7) is 26.3. The van der Waals surface area contributed by atoms with E-state index in [-0.39, 0.29) is 0 Å². The lowest BCUT2D eigenvalue weighted by atomic mass is 9.92. The largest absolute Gasteiger partial charge is 0.657 e. The smallest absolute Gasteiger partial charge is 0.0704 e. The molecular formula is C56H52N4-2. The molecule has 4 aromatic carbocycles. The highest BCUT2D eigenvalue weighted by Gasteiger charge is 2.20. The van der Waals surface area contributed by atoms with Gasteiger partial charge in [0.2, 0.25) is 0 Å². The first-order valence-electron chi connectivity index (χ1n) is 21.1. The van der Waals surface area contributed by atoms with E-state index in [0.29, 0.717) is 0 Å². The molecule has 0 fully saturated rings. The predicted molar refractivity (Wildman–Crippen MR) is 255 cm³/mol. The minimum absolute atomic E-state index is 0.889. The molecule has 3 aromatic heterocycles. The van der Waals surface area contributed by atoms with Gasteiger partial charge in [-0.3, -0.25) is 0 Å². The van der Waals surface area contributed by atoms with Crippen LogP contribution in [0, 0.1) is 83.1 Å². The number of hydrogen-bond acceptors (Lipinski definition) is 2.